The number of carbonyl (C=O) groups is 4. The fraction of sp³-hybridized carbons (Fsp3) is 0.344. The molecule has 4 heterocycles. The van der Waals surface area contributed by atoms with Crippen molar-refractivity contribution in [1.82, 2.24) is 35.8 Å². The van der Waals surface area contributed by atoms with E-state index in [4.69, 9.17) is 4.42 Å². The lowest BCUT2D eigenvalue weighted by Crippen LogP contribution is -2.45. The Balaban J connectivity index is 1.46. The highest BCUT2D eigenvalue weighted by atomic mass is 32.1. The SMILES string of the molecule is CC(C)C[C@@H]1NC(=O)c2coc(n2)[C@H](Cc2ccccc2)NC(=O)CN(C(=O)Cc2cccnc2)CCNC(=O)c2csc1n2. The van der Waals surface area contributed by atoms with Crippen LogP contribution in [0.5, 0.6) is 0 Å². The summed E-state index contributed by atoms with van der Waals surface area (Å²) in [5.41, 5.74) is 1.87. The molecular formula is C32H35N7O5S. The molecule has 4 aromatic rings. The van der Waals surface area contributed by atoms with Crippen molar-refractivity contribution in [3.05, 3.63) is 99.9 Å². The van der Waals surface area contributed by atoms with Crippen molar-refractivity contribution >= 4 is 35.0 Å². The molecule has 2 atom stereocenters. The van der Waals surface area contributed by atoms with Gasteiger partial charge in [0.25, 0.3) is 11.8 Å². The van der Waals surface area contributed by atoms with Crippen LogP contribution in [0.1, 0.15) is 75.4 Å². The first-order valence-electron chi connectivity index (χ1n) is 14.7. The number of carbonyl (C=O) groups excluding carboxylic acids is 4. The number of rotatable bonds is 6. The van der Waals surface area contributed by atoms with Crippen LogP contribution in [0.3, 0.4) is 0 Å². The second kappa shape index (κ2) is 14.7. The van der Waals surface area contributed by atoms with Crippen molar-refractivity contribution in [2.24, 2.45) is 5.92 Å². The van der Waals surface area contributed by atoms with Crippen molar-refractivity contribution in [2.45, 2.75) is 45.2 Å². The number of aromatic nitrogens is 3. The Hall–Kier alpha value is -4.91. The molecule has 0 fully saturated rings. The Morgan fingerprint density at radius 2 is 1.80 bits per heavy atom. The zero-order valence-electron chi connectivity index (χ0n) is 25.1. The van der Waals surface area contributed by atoms with Crippen molar-refractivity contribution in [1.29, 1.82) is 0 Å². The van der Waals surface area contributed by atoms with Gasteiger partial charge >= 0.3 is 0 Å². The molecule has 13 heteroatoms. The first kappa shape index (κ1) is 31.5. The van der Waals surface area contributed by atoms with Crippen molar-refractivity contribution in [2.75, 3.05) is 19.6 Å². The molecular weight excluding hydrogens is 594 g/mol. The van der Waals surface area contributed by atoms with E-state index in [1.54, 1.807) is 29.9 Å². The Kier molecular flexibility index (Phi) is 10.3. The summed E-state index contributed by atoms with van der Waals surface area (Å²) in [5, 5.41) is 11.0. The molecule has 1 aromatic carbocycles. The number of oxazole rings is 1. The van der Waals surface area contributed by atoms with E-state index >= 15 is 0 Å². The normalized spacial score (nSPS) is 18.0. The maximum Gasteiger partial charge on any atom is 0.273 e. The summed E-state index contributed by atoms with van der Waals surface area (Å²) in [7, 11) is 0. The molecule has 0 saturated carbocycles. The Labute approximate surface area is 264 Å². The Bertz CT molecular complexity index is 1620. The molecule has 5 rings (SSSR count). The number of benzene rings is 1. The van der Waals surface area contributed by atoms with Crippen LogP contribution >= 0.6 is 11.3 Å². The third kappa shape index (κ3) is 8.60. The minimum atomic E-state index is -0.719. The number of fused-ring (bicyclic) bond motifs is 4. The zero-order valence-corrected chi connectivity index (χ0v) is 25.9. The fourth-order valence-corrected chi connectivity index (χ4v) is 5.83. The van der Waals surface area contributed by atoms with Crippen molar-refractivity contribution in [3.63, 3.8) is 0 Å². The number of hydrogen-bond acceptors (Lipinski definition) is 9. The van der Waals surface area contributed by atoms with E-state index in [9.17, 15) is 19.2 Å². The van der Waals surface area contributed by atoms with Crippen molar-refractivity contribution in [3.8, 4) is 0 Å². The third-order valence-corrected chi connectivity index (χ3v) is 8.13. The average molecular weight is 630 g/mol. The van der Waals surface area contributed by atoms with Gasteiger partial charge in [0.15, 0.2) is 5.69 Å². The van der Waals surface area contributed by atoms with Gasteiger partial charge in [0.05, 0.1) is 19.0 Å². The zero-order chi connectivity index (χ0) is 31.8. The highest BCUT2D eigenvalue weighted by Crippen LogP contribution is 2.26. The largest absolute Gasteiger partial charge is 0.446 e. The first-order chi connectivity index (χ1) is 21.7. The van der Waals surface area contributed by atoms with Gasteiger partial charge in [-0.1, -0.05) is 50.2 Å². The predicted octanol–water partition coefficient (Wildman–Crippen LogP) is 3.26. The predicted molar refractivity (Wildman–Crippen MR) is 166 cm³/mol. The fourth-order valence-electron chi connectivity index (χ4n) is 4.97. The lowest BCUT2D eigenvalue weighted by molar-refractivity contribution is -0.135. The molecule has 3 N–H and O–H groups in total. The first-order valence-corrected chi connectivity index (χ1v) is 15.6. The standard InChI is InChI=1S/C32H35N7O5S/c1-20(2)13-24-32-38-26(19-45-32)29(42)34-11-12-39(28(41)15-22-9-6-10-33-16-22)17-27(40)35-23(14-21-7-4-3-5-8-21)31-37-25(18-44-31)30(43)36-24/h3-10,16,18-20,23-24H,11-15,17H2,1-2H3,(H,34,42)(H,35,40)(H,36,43)/t23-,24-/m0/s1. The quantitative estimate of drug-likeness (QED) is 0.293. The molecule has 0 saturated heterocycles. The van der Waals surface area contributed by atoms with Gasteiger partial charge in [-0.05, 0) is 29.5 Å². The highest BCUT2D eigenvalue weighted by molar-refractivity contribution is 7.09. The molecule has 1 aliphatic rings. The van der Waals surface area contributed by atoms with E-state index < -0.39 is 29.8 Å². The molecule has 4 amide bonds. The van der Waals surface area contributed by atoms with Crippen LogP contribution in [0.2, 0.25) is 0 Å². The molecule has 0 unspecified atom stereocenters. The molecule has 45 heavy (non-hydrogen) atoms. The van der Waals surface area contributed by atoms with Gasteiger partial charge in [-0.15, -0.1) is 11.3 Å². The second-order valence-electron chi connectivity index (χ2n) is 11.2. The number of nitrogens with zero attached hydrogens (tertiary/aromatic N) is 4. The van der Waals surface area contributed by atoms with Crippen LogP contribution in [0.4, 0.5) is 0 Å². The molecule has 12 nitrogen and oxygen atoms in total. The average Bonchev–Trinajstić information content (AvgIpc) is 3.72. The maximum atomic E-state index is 13.5. The molecule has 3 aromatic heterocycles. The summed E-state index contributed by atoms with van der Waals surface area (Å²) in [6, 6.07) is 11.8. The maximum absolute atomic E-state index is 13.5. The van der Waals surface area contributed by atoms with Crippen LogP contribution in [0.15, 0.2) is 70.9 Å². The number of pyridine rings is 1. The number of hydrogen-bond donors (Lipinski definition) is 3. The molecule has 234 valence electrons. The van der Waals surface area contributed by atoms with Crippen LogP contribution in [-0.4, -0.2) is 63.1 Å². The third-order valence-electron chi connectivity index (χ3n) is 7.17. The lowest BCUT2D eigenvalue weighted by Gasteiger charge is -2.24. The summed E-state index contributed by atoms with van der Waals surface area (Å²) in [6.45, 7) is 3.98. The van der Waals surface area contributed by atoms with Crippen LogP contribution < -0.4 is 16.0 Å². The van der Waals surface area contributed by atoms with Crippen molar-refractivity contribution < 1.29 is 23.6 Å². The van der Waals surface area contributed by atoms with Gasteiger partial charge in [-0.25, -0.2) is 9.97 Å². The van der Waals surface area contributed by atoms with E-state index in [-0.39, 0.29) is 55.2 Å². The van der Waals surface area contributed by atoms with Crippen LogP contribution in [-0.2, 0) is 22.4 Å². The smallest absolute Gasteiger partial charge is 0.273 e. The summed E-state index contributed by atoms with van der Waals surface area (Å²) < 4.78 is 5.75. The Morgan fingerprint density at radius 1 is 1.00 bits per heavy atom. The van der Waals surface area contributed by atoms with Gasteiger partial charge in [0.1, 0.15) is 23.0 Å². The molecule has 0 aliphatic carbocycles. The van der Waals surface area contributed by atoms with Gasteiger partial charge < -0.3 is 25.3 Å². The summed E-state index contributed by atoms with van der Waals surface area (Å²) in [5.74, 6) is -1.24. The van der Waals surface area contributed by atoms with Gasteiger partial charge in [-0.2, -0.15) is 0 Å². The van der Waals surface area contributed by atoms with E-state index in [0.29, 0.717) is 23.4 Å². The van der Waals surface area contributed by atoms with Gasteiger partial charge in [-0.3, -0.25) is 24.2 Å². The minimum absolute atomic E-state index is 0.0351. The van der Waals surface area contributed by atoms with Crippen LogP contribution in [0.25, 0.3) is 0 Å². The summed E-state index contributed by atoms with van der Waals surface area (Å²) in [4.78, 5) is 67.6. The van der Waals surface area contributed by atoms with Crippen LogP contribution in [0, 0.1) is 5.92 Å². The summed E-state index contributed by atoms with van der Waals surface area (Å²) in [6.07, 6.45) is 5.44. The molecule has 4 bridgehead atoms. The highest BCUT2D eigenvalue weighted by Gasteiger charge is 2.27. The van der Waals surface area contributed by atoms with E-state index in [2.05, 4.69) is 30.9 Å². The number of nitrogens with one attached hydrogen (secondary N) is 3. The Morgan fingerprint density at radius 3 is 2.56 bits per heavy atom. The second-order valence-corrected chi connectivity index (χ2v) is 12.1. The number of amides is 4. The number of thiazole rings is 1. The minimum Gasteiger partial charge on any atom is -0.446 e. The topological polar surface area (TPSA) is 159 Å². The van der Waals surface area contributed by atoms with E-state index in [1.807, 2.05) is 44.2 Å². The van der Waals surface area contributed by atoms with E-state index in [1.165, 1.54) is 22.5 Å². The lowest BCUT2D eigenvalue weighted by atomic mass is 10.0. The summed E-state index contributed by atoms with van der Waals surface area (Å²) >= 11 is 1.28. The van der Waals surface area contributed by atoms with E-state index in [0.717, 1.165) is 5.56 Å². The molecule has 0 spiro atoms. The molecule has 1 aliphatic heterocycles. The molecule has 0 radical (unpaired) electrons. The monoisotopic (exact) mass is 629 g/mol. The van der Waals surface area contributed by atoms with Gasteiger partial charge in [0.2, 0.25) is 17.7 Å². The van der Waals surface area contributed by atoms with Gasteiger partial charge in [0, 0.05) is 37.3 Å².